The van der Waals surface area contributed by atoms with Crippen LogP contribution in [0.4, 0.5) is 0 Å². The fourth-order valence-electron chi connectivity index (χ4n) is 3.62. The number of carbonyl (C=O) groups is 1. The van der Waals surface area contributed by atoms with Crippen molar-refractivity contribution >= 4 is 5.97 Å². The first kappa shape index (κ1) is 18.5. The smallest absolute Gasteiger partial charge is 0.306 e. The second-order valence-corrected chi connectivity index (χ2v) is 7.04. The summed E-state index contributed by atoms with van der Waals surface area (Å²) < 4.78 is 5.80. The van der Waals surface area contributed by atoms with Gasteiger partial charge in [0, 0.05) is 6.54 Å². The molecule has 1 saturated carbocycles. The van der Waals surface area contributed by atoms with Crippen LogP contribution in [0.3, 0.4) is 0 Å². The predicted molar refractivity (Wildman–Crippen MR) is 102 cm³/mol. The van der Waals surface area contributed by atoms with Gasteiger partial charge in [0.05, 0.1) is 5.92 Å². The summed E-state index contributed by atoms with van der Waals surface area (Å²) in [5, 5.41) is 12.8. The standard InChI is InChI=1S/C22H27NO3/c24-22(25)21-9-5-4-8-19(21)15-23-14-17-10-12-20(13-11-17)26-16-18-6-2-1-3-7-18/h1-3,6-7,10-13,19,21,23H,4-5,8-9,14-16H2,(H,24,25). The van der Waals surface area contributed by atoms with E-state index in [0.29, 0.717) is 6.61 Å². The van der Waals surface area contributed by atoms with E-state index in [1.165, 1.54) is 5.56 Å². The zero-order chi connectivity index (χ0) is 18.2. The Labute approximate surface area is 155 Å². The zero-order valence-corrected chi connectivity index (χ0v) is 15.1. The van der Waals surface area contributed by atoms with E-state index in [1.54, 1.807) is 0 Å². The van der Waals surface area contributed by atoms with E-state index in [9.17, 15) is 9.90 Å². The molecule has 2 aromatic carbocycles. The number of nitrogens with one attached hydrogen (secondary N) is 1. The summed E-state index contributed by atoms with van der Waals surface area (Å²) in [6.45, 7) is 2.09. The van der Waals surface area contributed by atoms with Gasteiger partial charge < -0.3 is 15.2 Å². The fourth-order valence-corrected chi connectivity index (χ4v) is 3.62. The minimum atomic E-state index is -0.642. The Hall–Kier alpha value is -2.33. The van der Waals surface area contributed by atoms with Gasteiger partial charge in [-0.15, -0.1) is 0 Å². The third-order valence-electron chi connectivity index (χ3n) is 5.13. The highest BCUT2D eigenvalue weighted by molar-refractivity contribution is 5.70. The molecule has 1 aliphatic rings. The van der Waals surface area contributed by atoms with Crippen molar-refractivity contribution in [1.29, 1.82) is 0 Å². The van der Waals surface area contributed by atoms with Crippen LogP contribution in [0.25, 0.3) is 0 Å². The lowest BCUT2D eigenvalue weighted by Gasteiger charge is -2.28. The molecule has 138 valence electrons. The van der Waals surface area contributed by atoms with Crippen molar-refractivity contribution in [3.05, 3.63) is 65.7 Å². The van der Waals surface area contributed by atoms with Crippen LogP contribution < -0.4 is 10.1 Å². The Balaban J connectivity index is 1.43. The molecular weight excluding hydrogens is 326 g/mol. The Bertz CT molecular complexity index is 684. The van der Waals surface area contributed by atoms with Crippen molar-refractivity contribution in [2.24, 2.45) is 11.8 Å². The maximum Gasteiger partial charge on any atom is 0.306 e. The molecular formula is C22H27NO3. The van der Waals surface area contributed by atoms with E-state index in [-0.39, 0.29) is 11.8 Å². The lowest BCUT2D eigenvalue weighted by molar-refractivity contribution is -0.144. The summed E-state index contributed by atoms with van der Waals surface area (Å²) in [6.07, 6.45) is 4.01. The van der Waals surface area contributed by atoms with Crippen LogP contribution in [-0.2, 0) is 17.9 Å². The summed E-state index contributed by atoms with van der Waals surface area (Å²) in [6, 6.07) is 18.2. The first-order chi connectivity index (χ1) is 12.7. The molecule has 0 aromatic heterocycles. The van der Waals surface area contributed by atoms with Crippen LogP contribution in [0.2, 0.25) is 0 Å². The molecule has 2 aromatic rings. The van der Waals surface area contributed by atoms with Gasteiger partial charge in [0.15, 0.2) is 0 Å². The second kappa shape index (κ2) is 9.39. The van der Waals surface area contributed by atoms with Crippen LogP contribution in [-0.4, -0.2) is 17.6 Å². The van der Waals surface area contributed by atoms with Crippen LogP contribution in [0, 0.1) is 11.8 Å². The Morgan fingerprint density at radius 2 is 1.73 bits per heavy atom. The Morgan fingerprint density at radius 3 is 2.46 bits per heavy atom. The van der Waals surface area contributed by atoms with E-state index in [1.807, 2.05) is 42.5 Å². The normalized spacial score (nSPS) is 19.8. The van der Waals surface area contributed by atoms with Gasteiger partial charge >= 0.3 is 5.97 Å². The molecule has 26 heavy (non-hydrogen) atoms. The summed E-state index contributed by atoms with van der Waals surface area (Å²) in [5.74, 6) is 0.270. The summed E-state index contributed by atoms with van der Waals surface area (Å²) in [4.78, 5) is 11.4. The molecule has 0 bridgehead atoms. The number of rotatable bonds is 8. The average molecular weight is 353 g/mol. The second-order valence-electron chi connectivity index (χ2n) is 7.04. The van der Waals surface area contributed by atoms with Crippen LogP contribution >= 0.6 is 0 Å². The first-order valence-electron chi connectivity index (χ1n) is 9.41. The number of hydrogen-bond acceptors (Lipinski definition) is 3. The number of carboxylic acid groups (broad SMARTS) is 1. The largest absolute Gasteiger partial charge is 0.489 e. The molecule has 1 aliphatic carbocycles. The minimum absolute atomic E-state index is 0.190. The highest BCUT2D eigenvalue weighted by Gasteiger charge is 2.30. The van der Waals surface area contributed by atoms with E-state index >= 15 is 0 Å². The van der Waals surface area contributed by atoms with E-state index in [0.717, 1.165) is 50.1 Å². The van der Waals surface area contributed by atoms with E-state index in [4.69, 9.17) is 4.74 Å². The van der Waals surface area contributed by atoms with Crippen molar-refractivity contribution in [3.63, 3.8) is 0 Å². The molecule has 0 saturated heterocycles. The van der Waals surface area contributed by atoms with Crippen molar-refractivity contribution in [2.45, 2.75) is 38.8 Å². The summed E-state index contributed by atoms with van der Waals surface area (Å²) in [7, 11) is 0. The lowest BCUT2D eigenvalue weighted by Crippen LogP contribution is -2.34. The fraction of sp³-hybridized carbons (Fsp3) is 0.409. The van der Waals surface area contributed by atoms with Crippen molar-refractivity contribution in [1.82, 2.24) is 5.32 Å². The van der Waals surface area contributed by atoms with E-state index in [2.05, 4.69) is 17.4 Å². The molecule has 3 rings (SSSR count). The highest BCUT2D eigenvalue weighted by Crippen LogP contribution is 2.29. The summed E-state index contributed by atoms with van der Waals surface area (Å²) >= 11 is 0. The maximum atomic E-state index is 11.4. The van der Waals surface area contributed by atoms with E-state index < -0.39 is 5.97 Å². The van der Waals surface area contributed by atoms with Gasteiger partial charge in [-0.1, -0.05) is 55.3 Å². The number of aliphatic carboxylic acids is 1. The molecule has 0 heterocycles. The minimum Gasteiger partial charge on any atom is -0.489 e. The molecule has 2 N–H and O–H groups in total. The van der Waals surface area contributed by atoms with Gasteiger partial charge in [-0.05, 0) is 48.6 Å². The lowest BCUT2D eigenvalue weighted by atomic mass is 9.79. The monoisotopic (exact) mass is 353 g/mol. The van der Waals surface area contributed by atoms with Gasteiger partial charge in [0.1, 0.15) is 12.4 Å². The number of hydrogen-bond donors (Lipinski definition) is 2. The quantitative estimate of drug-likeness (QED) is 0.745. The molecule has 4 nitrogen and oxygen atoms in total. The predicted octanol–water partition coefficient (Wildman–Crippen LogP) is 4.25. The van der Waals surface area contributed by atoms with Crippen LogP contribution in [0.5, 0.6) is 5.75 Å². The molecule has 0 radical (unpaired) electrons. The van der Waals surface area contributed by atoms with Gasteiger partial charge in [0.2, 0.25) is 0 Å². The van der Waals surface area contributed by atoms with Crippen molar-refractivity contribution < 1.29 is 14.6 Å². The summed E-state index contributed by atoms with van der Waals surface area (Å²) in [5.41, 5.74) is 2.33. The Kier molecular flexibility index (Phi) is 6.67. The average Bonchev–Trinajstić information content (AvgIpc) is 2.68. The molecule has 0 spiro atoms. The topological polar surface area (TPSA) is 58.6 Å². The van der Waals surface area contributed by atoms with Gasteiger partial charge in [-0.2, -0.15) is 0 Å². The molecule has 2 atom stereocenters. The van der Waals surface area contributed by atoms with Crippen LogP contribution in [0.15, 0.2) is 54.6 Å². The highest BCUT2D eigenvalue weighted by atomic mass is 16.5. The zero-order valence-electron chi connectivity index (χ0n) is 15.1. The number of ether oxygens (including phenoxy) is 1. The van der Waals surface area contributed by atoms with Gasteiger partial charge in [0.25, 0.3) is 0 Å². The van der Waals surface area contributed by atoms with Gasteiger partial charge in [-0.3, -0.25) is 4.79 Å². The molecule has 1 fully saturated rings. The number of benzene rings is 2. The Morgan fingerprint density at radius 1 is 1.00 bits per heavy atom. The van der Waals surface area contributed by atoms with Crippen molar-refractivity contribution in [3.8, 4) is 5.75 Å². The third-order valence-corrected chi connectivity index (χ3v) is 5.13. The number of carboxylic acids is 1. The SMILES string of the molecule is O=C(O)C1CCCCC1CNCc1ccc(OCc2ccccc2)cc1. The van der Waals surface area contributed by atoms with Gasteiger partial charge in [-0.25, -0.2) is 0 Å². The molecule has 4 heteroatoms. The molecule has 0 aliphatic heterocycles. The molecule has 0 amide bonds. The third kappa shape index (κ3) is 5.33. The first-order valence-corrected chi connectivity index (χ1v) is 9.41. The van der Waals surface area contributed by atoms with Crippen molar-refractivity contribution in [2.75, 3.05) is 6.54 Å². The molecule has 2 unspecified atom stereocenters. The van der Waals surface area contributed by atoms with Crippen LogP contribution in [0.1, 0.15) is 36.8 Å². The maximum absolute atomic E-state index is 11.4.